The van der Waals surface area contributed by atoms with E-state index in [-0.39, 0.29) is 10.6 Å². The summed E-state index contributed by atoms with van der Waals surface area (Å²) >= 11 is 0. The third-order valence-corrected chi connectivity index (χ3v) is 2.33. The molecule has 2 aromatic rings. The van der Waals surface area contributed by atoms with Crippen molar-refractivity contribution in [2.45, 2.75) is 6.54 Å². The number of nitro groups is 1. The SMILES string of the molecule is CNCc1c[nH]c2cccc([N+](=O)[O-])c12. The van der Waals surface area contributed by atoms with Crippen LogP contribution >= 0.6 is 0 Å². The fraction of sp³-hybridized carbons (Fsp3) is 0.200. The summed E-state index contributed by atoms with van der Waals surface area (Å²) in [5.41, 5.74) is 1.87. The number of nitro benzene ring substituents is 1. The number of H-pyrrole nitrogens is 1. The Morgan fingerprint density at radius 2 is 2.33 bits per heavy atom. The van der Waals surface area contributed by atoms with Crippen molar-refractivity contribution in [3.63, 3.8) is 0 Å². The van der Waals surface area contributed by atoms with E-state index in [0.29, 0.717) is 11.9 Å². The average molecular weight is 205 g/mol. The molecule has 0 aliphatic carbocycles. The monoisotopic (exact) mass is 205 g/mol. The maximum Gasteiger partial charge on any atom is 0.279 e. The van der Waals surface area contributed by atoms with Gasteiger partial charge in [-0.3, -0.25) is 10.1 Å². The minimum absolute atomic E-state index is 0.152. The summed E-state index contributed by atoms with van der Waals surface area (Å²) < 4.78 is 0. The van der Waals surface area contributed by atoms with E-state index in [1.54, 1.807) is 12.3 Å². The van der Waals surface area contributed by atoms with Crippen molar-refractivity contribution in [2.75, 3.05) is 7.05 Å². The number of rotatable bonds is 3. The summed E-state index contributed by atoms with van der Waals surface area (Å²) in [5.74, 6) is 0. The Kier molecular flexibility index (Phi) is 2.39. The van der Waals surface area contributed by atoms with Crippen molar-refractivity contribution in [1.29, 1.82) is 0 Å². The van der Waals surface area contributed by atoms with E-state index >= 15 is 0 Å². The number of nitrogens with one attached hydrogen (secondary N) is 2. The van der Waals surface area contributed by atoms with Gasteiger partial charge in [0, 0.05) is 18.8 Å². The van der Waals surface area contributed by atoms with Crippen molar-refractivity contribution >= 4 is 16.6 Å². The Labute approximate surface area is 86.3 Å². The summed E-state index contributed by atoms with van der Waals surface area (Å²) in [6.45, 7) is 0.616. The molecule has 0 atom stereocenters. The van der Waals surface area contributed by atoms with Crippen molar-refractivity contribution < 1.29 is 4.92 Å². The predicted octanol–water partition coefficient (Wildman–Crippen LogP) is 1.80. The van der Waals surface area contributed by atoms with Crippen LogP contribution in [0.4, 0.5) is 5.69 Å². The highest BCUT2D eigenvalue weighted by Gasteiger charge is 2.15. The van der Waals surface area contributed by atoms with Gasteiger partial charge in [0.05, 0.1) is 15.8 Å². The number of aromatic nitrogens is 1. The molecule has 0 fully saturated rings. The normalized spacial score (nSPS) is 10.7. The summed E-state index contributed by atoms with van der Waals surface area (Å²) in [4.78, 5) is 13.5. The first-order chi connectivity index (χ1) is 7.24. The third kappa shape index (κ3) is 1.57. The standard InChI is InChI=1S/C10H11N3O2/c1-11-5-7-6-12-8-3-2-4-9(10(7)8)13(14)15/h2-4,6,11-12H,5H2,1H3. The molecule has 0 amide bonds. The van der Waals surface area contributed by atoms with Gasteiger partial charge in [0.2, 0.25) is 0 Å². The molecule has 0 saturated carbocycles. The molecule has 2 rings (SSSR count). The van der Waals surface area contributed by atoms with Crippen molar-refractivity contribution in [2.24, 2.45) is 0 Å². The topological polar surface area (TPSA) is 71.0 Å². The Hall–Kier alpha value is -1.88. The van der Waals surface area contributed by atoms with Crippen LogP contribution in [0.25, 0.3) is 10.9 Å². The quantitative estimate of drug-likeness (QED) is 0.592. The van der Waals surface area contributed by atoms with E-state index in [1.165, 1.54) is 6.07 Å². The Bertz CT molecular complexity index is 504. The highest BCUT2D eigenvalue weighted by atomic mass is 16.6. The molecule has 5 nitrogen and oxygen atoms in total. The highest BCUT2D eigenvalue weighted by molar-refractivity contribution is 5.91. The van der Waals surface area contributed by atoms with Crippen LogP contribution in [0.5, 0.6) is 0 Å². The summed E-state index contributed by atoms with van der Waals surface area (Å²) in [5, 5.41) is 14.5. The maximum atomic E-state index is 10.8. The first kappa shape index (κ1) is 9.67. The number of hydrogen-bond acceptors (Lipinski definition) is 3. The van der Waals surface area contributed by atoms with Crippen LogP contribution in [0.1, 0.15) is 5.56 Å². The van der Waals surface area contributed by atoms with Crippen LogP contribution < -0.4 is 5.32 Å². The van der Waals surface area contributed by atoms with Crippen LogP contribution in [0.3, 0.4) is 0 Å². The smallest absolute Gasteiger partial charge is 0.279 e. The van der Waals surface area contributed by atoms with Gasteiger partial charge in [0.25, 0.3) is 5.69 Å². The van der Waals surface area contributed by atoms with Gasteiger partial charge >= 0.3 is 0 Å². The van der Waals surface area contributed by atoms with Gasteiger partial charge < -0.3 is 10.3 Å². The number of aromatic amines is 1. The molecule has 5 heteroatoms. The molecule has 1 heterocycles. The van der Waals surface area contributed by atoms with Gasteiger partial charge in [0.1, 0.15) is 0 Å². The predicted molar refractivity (Wildman–Crippen MR) is 57.7 cm³/mol. The van der Waals surface area contributed by atoms with E-state index in [1.807, 2.05) is 13.1 Å². The van der Waals surface area contributed by atoms with E-state index in [9.17, 15) is 10.1 Å². The fourth-order valence-electron chi connectivity index (χ4n) is 1.72. The van der Waals surface area contributed by atoms with E-state index in [4.69, 9.17) is 0 Å². The number of hydrogen-bond donors (Lipinski definition) is 2. The van der Waals surface area contributed by atoms with Gasteiger partial charge in [-0.1, -0.05) is 6.07 Å². The number of non-ortho nitro benzene ring substituents is 1. The fourth-order valence-corrected chi connectivity index (χ4v) is 1.72. The van der Waals surface area contributed by atoms with Crippen molar-refractivity contribution in [3.8, 4) is 0 Å². The maximum absolute atomic E-state index is 10.8. The van der Waals surface area contributed by atoms with Crippen LogP contribution in [0.15, 0.2) is 24.4 Å². The molecule has 1 aromatic carbocycles. The molecule has 0 unspecified atom stereocenters. The first-order valence-electron chi connectivity index (χ1n) is 4.62. The van der Waals surface area contributed by atoms with Gasteiger partial charge in [-0.2, -0.15) is 0 Å². The number of benzene rings is 1. The molecular weight excluding hydrogens is 194 g/mol. The minimum Gasteiger partial charge on any atom is -0.361 e. The van der Waals surface area contributed by atoms with Crippen LogP contribution in [-0.4, -0.2) is 17.0 Å². The highest BCUT2D eigenvalue weighted by Crippen LogP contribution is 2.28. The Morgan fingerprint density at radius 3 is 3.00 bits per heavy atom. The zero-order chi connectivity index (χ0) is 10.8. The summed E-state index contributed by atoms with van der Waals surface area (Å²) in [6, 6.07) is 5.04. The van der Waals surface area contributed by atoms with E-state index in [0.717, 1.165) is 11.1 Å². The number of nitrogens with zero attached hydrogens (tertiary/aromatic N) is 1. The van der Waals surface area contributed by atoms with Crippen molar-refractivity contribution in [3.05, 3.63) is 40.1 Å². The van der Waals surface area contributed by atoms with Gasteiger partial charge in [-0.15, -0.1) is 0 Å². The van der Waals surface area contributed by atoms with E-state index in [2.05, 4.69) is 10.3 Å². The lowest BCUT2D eigenvalue weighted by Gasteiger charge is -1.98. The minimum atomic E-state index is -0.352. The second-order valence-corrected chi connectivity index (χ2v) is 3.30. The lowest BCUT2D eigenvalue weighted by atomic mass is 10.1. The molecule has 2 N–H and O–H groups in total. The molecule has 0 radical (unpaired) electrons. The summed E-state index contributed by atoms with van der Waals surface area (Å²) in [6.07, 6.45) is 1.80. The van der Waals surface area contributed by atoms with Gasteiger partial charge in [-0.05, 0) is 18.7 Å². The number of fused-ring (bicyclic) bond motifs is 1. The van der Waals surface area contributed by atoms with Crippen molar-refractivity contribution in [1.82, 2.24) is 10.3 Å². The van der Waals surface area contributed by atoms with Gasteiger partial charge in [0.15, 0.2) is 0 Å². The lowest BCUT2D eigenvalue weighted by Crippen LogP contribution is -2.04. The molecule has 0 aliphatic rings. The first-order valence-corrected chi connectivity index (χ1v) is 4.62. The lowest BCUT2D eigenvalue weighted by molar-refractivity contribution is -0.383. The Morgan fingerprint density at radius 1 is 1.53 bits per heavy atom. The molecule has 78 valence electrons. The third-order valence-electron chi connectivity index (χ3n) is 2.33. The van der Waals surface area contributed by atoms with Crippen LogP contribution in [0.2, 0.25) is 0 Å². The Balaban J connectivity index is 2.69. The zero-order valence-electron chi connectivity index (χ0n) is 8.28. The average Bonchev–Trinajstić information content (AvgIpc) is 2.62. The summed E-state index contributed by atoms with van der Waals surface area (Å²) in [7, 11) is 1.81. The molecular formula is C10H11N3O2. The van der Waals surface area contributed by atoms with Crippen LogP contribution in [0, 0.1) is 10.1 Å². The molecule has 15 heavy (non-hydrogen) atoms. The zero-order valence-corrected chi connectivity index (χ0v) is 8.28. The molecule has 1 aromatic heterocycles. The van der Waals surface area contributed by atoms with Gasteiger partial charge in [-0.25, -0.2) is 0 Å². The van der Waals surface area contributed by atoms with Crippen LogP contribution in [-0.2, 0) is 6.54 Å². The second kappa shape index (κ2) is 3.70. The largest absolute Gasteiger partial charge is 0.361 e. The molecule has 0 spiro atoms. The van der Waals surface area contributed by atoms with E-state index < -0.39 is 0 Å². The second-order valence-electron chi connectivity index (χ2n) is 3.30. The molecule has 0 aliphatic heterocycles. The molecule has 0 saturated heterocycles. The molecule has 0 bridgehead atoms.